The van der Waals surface area contributed by atoms with Crippen molar-refractivity contribution >= 4 is 0 Å². The van der Waals surface area contributed by atoms with Gasteiger partial charge in [-0.25, -0.2) is 0 Å². The molecule has 2 heterocycles. The predicted octanol–water partition coefficient (Wildman–Crippen LogP) is 6.09. The van der Waals surface area contributed by atoms with Crippen molar-refractivity contribution in [2.75, 3.05) is 13.2 Å². The maximum Gasteiger partial charge on any atom is 0.0888 e. The molecule has 0 bridgehead atoms. The number of hydrogen-bond donors (Lipinski definition) is 0. The topological polar surface area (TPSA) is 18.5 Å². The minimum Gasteiger partial charge on any atom is -0.501 e. The monoisotopic (exact) mass is 390 g/mol. The molecule has 146 valence electrons. The first-order valence-corrected chi connectivity index (χ1v) is 10.8. The standard InChI is InChI=1S/C28H22O2/c1-3-7-23-19(5-1)21-17-26-22(18-25(21)27(23)9-13-29-14-10-27)20-6-2-4-8-24(20)28(26)11-15-30-16-12-28/h1-9,11,13,15,17-18H,10,12,14,16H2. The van der Waals surface area contributed by atoms with E-state index >= 15 is 0 Å². The average Bonchev–Trinajstić information content (AvgIpc) is 3.23. The van der Waals surface area contributed by atoms with Crippen LogP contribution in [0.15, 0.2) is 85.3 Å². The zero-order valence-electron chi connectivity index (χ0n) is 16.7. The highest BCUT2D eigenvalue weighted by molar-refractivity contribution is 5.91. The molecule has 0 saturated carbocycles. The van der Waals surface area contributed by atoms with Crippen LogP contribution in [0.5, 0.6) is 0 Å². The summed E-state index contributed by atoms with van der Waals surface area (Å²) in [7, 11) is 0. The summed E-state index contributed by atoms with van der Waals surface area (Å²) in [6.07, 6.45) is 10.3. The van der Waals surface area contributed by atoms with Gasteiger partial charge in [0.1, 0.15) is 0 Å². The number of hydrogen-bond acceptors (Lipinski definition) is 2. The number of allylic oxidation sites excluding steroid dienone is 2. The lowest BCUT2D eigenvalue weighted by Crippen LogP contribution is -2.28. The van der Waals surface area contributed by atoms with Crippen LogP contribution in [0.3, 0.4) is 0 Å². The summed E-state index contributed by atoms with van der Waals surface area (Å²) in [4.78, 5) is 0. The molecule has 2 aliphatic carbocycles. The highest BCUT2D eigenvalue weighted by Gasteiger charge is 2.47. The Kier molecular flexibility index (Phi) is 3.12. The van der Waals surface area contributed by atoms with E-state index in [0.717, 1.165) is 26.1 Å². The van der Waals surface area contributed by atoms with Crippen molar-refractivity contribution in [3.8, 4) is 22.3 Å². The molecule has 0 amide bonds. The van der Waals surface area contributed by atoms with E-state index in [1.165, 1.54) is 44.5 Å². The van der Waals surface area contributed by atoms with Gasteiger partial charge in [0.2, 0.25) is 0 Å². The first kappa shape index (κ1) is 16.5. The first-order valence-electron chi connectivity index (χ1n) is 10.8. The van der Waals surface area contributed by atoms with E-state index in [0.29, 0.717) is 0 Å². The summed E-state index contributed by atoms with van der Waals surface area (Å²) in [5.74, 6) is 0. The second-order valence-corrected chi connectivity index (χ2v) is 8.82. The Morgan fingerprint density at radius 3 is 1.43 bits per heavy atom. The second kappa shape index (κ2) is 5.66. The van der Waals surface area contributed by atoms with E-state index in [-0.39, 0.29) is 10.8 Å². The van der Waals surface area contributed by atoms with Gasteiger partial charge in [-0.3, -0.25) is 0 Å². The van der Waals surface area contributed by atoms with Crippen LogP contribution in [-0.2, 0) is 20.3 Å². The summed E-state index contributed by atoms with van der Waals surface area (Å²) < 4.78 is 11.2. The number of rotatable bonds is 0. The van der Waals surface area contributed by atoms with Crippen molar-refractivity contribution < 1.29 is 9.47 Å². The SMILES string of the molecule is C1=CC2(CCO1)c1ccccc1-c1cc3c(cc12)-c1ccccc1C31C=COCC1. The fraction of sp³-hybridized carbons (Fsp3) is 0.214. The van der Waals surface area contributed by atoms with Gasteiger partial charge in [0, 0.05) is 10.8 Å². The Labute approximate surface area is 176 Å². The summed E-state index contributed by atoms with van der Waals surface area (Å²) >= 11 is 0. The molecule has 3 aromatic rings. The molecule has 30 heavy (non-hydrogen) atoms. The zero-order chi connectivity index (χ0) is 19.8. The smallest absolute Gasteiger partial charge is 0.0888 e. The van der Waals surface area contributed by atoms with E-state index in [2.05, 4.69) is 72.8 Å². The Bertz CT molecular complexity index is 1170. The zero-order valence-corrected chi connectivity index (χ0v) is 16.7. The first-order chi connectivity index (χ1) is 14.8. The van der Waals surface area contributed by atoms with Crippen LogP contribution >= 0.6 is 0 Å². The van der Waals surface area contributed by atoms with E-state index in [1.807, 2.05) is 12.5 Å². The molecule has 2 spiro atoms. The maximum atomic E-state index is 5.62. The Morgan fingerprint density at radius 1 is 0.533 bits per heavy atom. The normalized spacial score (nSPS) is 26.7. The fourth-order valence-corrected chi connectivity index (χ4v) is 6.26. The van der Waals surface area contributed by atoms with Crippen molar-refractivity contribution in [3.05, 3.63) is 108 Å². The minimum absolute atomic E-state index is 0.0879. The minimum atomic E-state index is -0.0879. The van der Waals surface area contributed by atoms with Crippen LogP contribution in [-0.4, -0.2) is 13.2 Å². The molecule has 2 nitrogen and oxygen atoms in total. The van der Waals surface area contributed by atoms with Crippen molar-refractivity contribution in [2.24, 2.45) is 0 Å². The van der Waals surface area contributed by atoms with Gasteiger partial charge in [-0.1, -0.05) is 48.5 Å². The van der Waals surface area contributed by atoms with Gasteiger partial charge in [-0.2, -0.15) is 0 Å². The summed E-state index contributed by atoms with van der Waals surface area (Å²) in [6, 6.07) is 22.8. The highest BCUT2D eigenvalue weighted by atomic mass is 16.5. The van der Waals surface area contributed by atoms with Gasteiger partial charge in [0.25, 0.3) is 0 Å². The molecule has 2 atom stereocenters. The van der Waals surface area contributed by atoms with Crippen molar-refractivity contribution in [3.63, 3.8) is 0 Å². The fourth-order valence-electron chi connectivity index (χ4n) is 6.26. The molecule has 2 aliphatic heterocycles. The Balaban J connectivity index is 1.58. The molecule has 4 aliphatic rings. The van der Waals surface area contributed by atoms with Gasteiger partial charge < -0.3 is 9.47 Å². The molecular weight excluding hydrogens is 368 g/mol. The molecule has 2 unspecified atom stereocenters. The number of benzene rings is 3. The highest BCUT2D eigenvalue weighted by Crippen LogP contribution is 2.59. The Morgan fingerprint density at radius 2 is 1.00 bits per heavy atom. The molecule has 3 aromatic carbocycles. The molecule has 0 radical (unpaired) electrons. The third-order valence-corrected chi connectivity index (χ3v) is 7.64. The van der Waals surface area contributed by atoms with Crippen LogP contribution in [0.4, 0.5) is 0 Å². The third-order valence-electron chi connectivity index (χ3n) is 7.64. The van der Waals surface area contributed by atoms with Gasteiger partial charge in [0.05, 0.1) is 25.7 Å². The summed E-state index contributed by atoms with van der Waals surface area (Å²) in [5.41, 5.74) is 11.0. The summed E-state index contributed by atoms with van der Waals surface area (Å²) in [6.45, 7) is 1.50. The van der Waals surface area contributed by atoms with Gasteiger partial charge in [-0.05, 0) is 81.6 Å². The molecule has 0 fully saturated rings. The van der Waals surface area contributed by atoms with E-state index < -0.39 is 0 Å². The van der Waals surface area contributed by atoms with Crippen LogP contribution in [0.2, 0.25) is 0 Å². The lowest BCUT2D eigenvalue weighted by molar-refractivity contribution is 0.206. The van der Waals surface area contributed by atoms with Crippen molar-refractivity contribution in [1.82, 2.24) is 0 Å². The Hall–Kier alpha value is -3.26. The maximum absolute atomic E-state index is 5.62. The van der Waals surface area contributed by atoms with E-state index in [1.54, 1.807) is 0 Å². The molecular formula is C28H22O2. The van der Waals surface area contributed by atoms with Gasteiger partial charge in [0.15, 0.2) is 0 Å². The number of ether oxygens (including phenoxy) is 2. The molecule has 2 heteroatoms. The lowest BCUT2D eigenvalue weighted by Gasteiger charge is -2.33. The quantitative estimate of drug-likeness (QED) is 0.463. The molecule has 0 N–H and O–H groups in total. The van der Waals surface area contributed by atoms with Gasteiger partial charge in [-0.15, -0.1) is 0 Å². The second-order valence-electron chi connectivity index (χ2n) is 8.82. The van der Waals surface area contributed by atoms with Gasteiger partial charge >= 0.3 is 0 Å². The third kappa shape index (κ3) is 1.85. The van der Waals surface area contributed by atoms with Crippen molar-refractivity contribution in [1.29, 1.82) is 0 Å². The average molecular weight is 390 g/mol. The van der Waals surface area contributed by atoms with E-state index in [9.17, 15) is 0 Å². The molecule has 0 aromatic heterocycles. The van der Waals surface area contributed by atoms with E-state index in [4.69, 9.17) is 9.47 Å². The number of fused-ring (bicyclic) bond motifs is 10. The summed E-state index contributed by atoms with van der Waals surface area (Å²) in [5, 5.41) is 0. The lowest BCUT2D eigenvalue weighted by atomic mass is 9.72. The molecule has 7 rings (SSSR count). The predicted molar refractivity (Wildman–Crippen MR) is 118 cm³/mol. The largest absolute Gasteiger partial charge is 0.501 e. The van der Waals surface area contributed by atoms with Crippen LogP contribution in [0.1, 0.15) is 35.1 Å². The van der Waals surface area contributed by atoms with Crippen LogP contribution in [0.25, 0.3) is 22.3 Å². The van der Waals surface area contributed by atoms with Crippen molar-refractivity contribution in [2.45, 2.75) is 23.7 Å². The van der Waals surface area contributed by atoms with Crippen LogP contribution < -0.4 is 0 Å². The molecule has 0 saturated heterocycles. The van der Waals surface area contributed by atoms with Crippen LogP contribution in [0, 0.1) is 0 Å².